The van der Waals surface area contributed by atoms with Crippen LogP contribution in [0.4, 0.5) is 0 Å². The van der Waals surface area contributed by atoms with Crippen LogP contribution < -0.4 is 0 Å². The molecule has 0 saturated carbocycles. The fourth-order valence-corrected chi connectivity index (χ4v) is 1.36. The summed E-state index contributed by atoms with van der Waals surface area (Å²) in [7, 11) is 0. The predicted octanol–water partition coefficient (Wildman–Crippen LogP) is 3.32. The summed E-state index contributed by atoms with van der Waals surface area (Å²) < 4.78 is 0. The molecule has 0 saturated heterocycles. The Morgan fingerprint density at radius 3 is 1.14 bits per heavy atom. The van der Waals surface area contributed by atoms with E-state index in [2.05, 4.69) is 31.9 Å². The van der Waals surface area contributed by atoms with Crippen molar-refractivity contribution in [2.24, 2.45) is 0 Å². The zero-order valence-corrected chi connectivity index (χ0v) is 10.3. The highest BCUT2D eigenvalue weighted by molar-refractivity contribution is 9.09. The first kappa shape index (κ1) is 16.0. The molecule has 0 aliphatic rings. The van der Waals surface area contributed by atoms with Crippen molar-refractivity contribution in [3.8, 4) is 0 Å². The molecule has 0 amide bonds. The fraction of sp³-hybridized carbons (Fsp3) is 1.00. The molecule has 0 aliphatic carbocycles. The van der Waals surface area contributed by atoms with Gasteiger partial charge in [0, 0.05) is 10.7 Å². The zero-order chi connectivity index (χ0) is 4.12. The quantitative estimate of drug-likeness (QED) is 0.660. The van der Waals surface area contributed by atoms with E-state index in [0.29, 0.717) is 0 Å². The van der Waals surface area contributed by atoms with Crippen LogP contribution in [0.15, 0.2) is 0 Å². The minimum Gasteiger partial charge on any atom is -0.114 e. The Hall–Kier alpha value is 1.92. The van der Waals surface area contributed by atoms with Crippen molar-refractivity contribution >= 4 is 65.8 Å². The van der Waals surface area contributed by atoms with Crippen LogP contribution in [0.3, 0.4) is 0 Å². The Morgan fingerprint density at radius 2 is 1.14 bits per heavy atom. The normalized spacial score (nSPS) is 6.00. The lowest BCUT2D eigenvalue weighted by Crippen LogP contribution is -1.69. The summed E-state index contributed by atoms with van der Waals surface area (Å²) in [6.45, 7) is 0. The van der Waals surface area contributed by atoms with Gasteiger partial charge in [0.15, 0.2) is 0 Å². The van der Waals surface area contributed by atoms with Crippen molar-refractivity contribution in [1.82, 2.24) is 0 Å². The van der Waals surface area contributed by atoms with Gasteiger partial charge in [-0.2, -0.15) is 0 Å². The number of halogens is 4. The summed E-state index contributed by atoms with van der Waals surface area (Å²) >= 11 is 6.56. The van der Waals surface area contributed by atoms with E-state index in [1.165, 1.54) is 6.42 Å². The van der Waals surface area contributed by atoms with Gasteiger partial charge < -0.3 is 0 Å². The lowest BCUT2D eigenvalue weighted by molar-refractivity contribution is 1.15. The van der Waals surface area contributed by atoms with E-state index in [1.807, 2.05) is 0 Å². The molecule has 0 spiro atoms. The average Bonchev–Trinajstić information content (AvgIpc) is 1.41. The third kappa shape index (κ3) is 18.1. The first-order chi connectivity index (χ1) is 2.41. The molecule has 0 unspecified atom stereocenters. The molecule has 0 aromatic carbocycles. The number of hydrogen-bond donors (Lipinski definition) is 0. The Labute approximate surface area is 82.2 Å². The van der Waals surface area contributed by atoms with Crippen LogP contribution in [-0.4, -0.2) is 10.7 Å². The maximum absolute atomic E-state index is 3.28. The Bertz CT molecular complexity index is 14.4. The van der Waals surface area contributed by atoms with Gasteiger partial charge in [-0.05, 0) is 6.42 Å². The first-order valence-corrected chi connectivity index (χ1v) is 3.78. The summed E-state index contributed by atoms with van der Waals surface area (Å²) in [4.78, 5) is 0. The Morgan fingerprint density at radius 1 is 0.857 bits per heavy atom. The third-order valence-corrected chi connectivity index (χ3v) is 1.39. The van der Waals surface area contributed by atoms with E-state index in [-0.39, 0.29) is 34.0 Å². The fourth-order valence-electron chi connectivity index (χ4n) is 0.0505. The molecule has 7 heavy (non-hydrogen) atoms. The van der Waals surface area contributed by atoms with Gasteiger partial charge in [-0.25, -0.2) is 0 Å². The molecule has 4 heteroatoms. The molecule has 0 radical (unpaired) electrons. The summed E-state index contributed by atoms with van der Waals surface area (Å²) in [6.07, 6.45) is 1.22. The maximum atomic E-state index is 3.28. The van der Waals surface area contributed by atoms with E-state index in [1.54, 1.807) is 0 Å². The molecule has 0 fully saturated rings. The average molecular weight is 364 g/mol. The number of hydrogen-bond acceptors (Lipinski definition) is 0. The SMILES string of the molecule is Br.Br.BrCCCBr. The van der Waals surface area contributed by atoms with Crippen LogP contribution in [-0.2, 0) is 0 Å². The van der Waals surface area contributed by atoms with Crippen LogP contribution in [0.25, 0.3) is 0 Å². The molecule has 0 heterocycles. The van der Waals surface area contributed by atoms with Gasteiger partial charge in [0.2, 0.25) is 0 Å². The molecule has 0 bridgehead atoms. The third-order valence-electron chi connectivity index (χ3n) is 0.267. The minimum atomic E-state index is 0. The highest BCUT2D eigenvalue weighted by Crippen LogP contribution is 1.90. The summed E-state index contributed by atoms with van der Waals surface area (Å²) in [5.41, 5.74) is 0. The van der Waals surface area contributed by atoms with E-state index >= 15 is 0 Å². The van der Waals surface area contributed by atoms with Crippen molar-refractivity contribution in [2.45, 2.75) is 6.42 Å². The molecular weight excluding hydrogens is 356 g/mol. The standard InChI is InChI=1S/C3H6Br2.2BrH/c4-2-1-3-5;;/h1-3H2;2*1H. The Kier molecular flexibility index (Phi) is 35.7. The lowest BCUT2D eigenvalue weighted by Gasteiger charge is -1.76. The molecule has 0 N–H and O–H groups in total. The molecule has 0 atom stereocenters. The highest BCUT2D eigenvalue weighted by Gasteiger charge is 1.71. The van der Waals surface area contributed by atoms with E-state index < -0.39 is 0 Å². The van der Waals surface area contributed by atoms with E-state index in [0.717, 1.165) is 10.7 Å². The zero-order valence-electron chi connectivity index (χ0n) is 3.69. The number of alkyl halides is 2. The first-order valence-electron chi connectivity index (χ1n) is 1.53. The van der Waals surface area contributed by atoms with Gasteiger partial charge in [0.25, 0.3) is 0 Å². The molecular formula is C3H8Br4. The van der Waals surface area contributed by atoms with Crippen LogP contribution in [0, 0.1) is 0 Å². The molecule has 0 aliphatic heterocycles. The summed E-state index contributed by atoms with van der Waals surface area (Å²) in [5.74, 6) is 0. The molecule has 48 valence electrons. The second-order valence-corrected chi connectivity index (χ2v) is 2.32. The molecule has 0 rings (SSSR count). The van der Waals surface area contributed by atoms with Crippen LogP contribution >= 0.6 is 65.8 Å². The monoisotopic (exact) mass is 360 g/mol. The van der Waals surface area contributed by atoms with Gasteiger partial charge in [0.05, 0.1) is 0 Å². The molecule has 0 nitrogen and oxygen atoms in total. The second-order valence-electron chi connectivity index (χ2n) is 0.732. The predicted molar refractivity (Wildman–Crippen MR) is 52.8 cm³/mol. The van der Waals surface area contributed by atoms with Crippen molar-refractivity contribution < 1.29 is 0 Å². The van der Waals surface area contributed by atoms with E-state index in [4.69, 9.17) is 0 Å². The van der Waals surface area contributed by atoms with Gasteiger partial charge in [-0.1, -0.05) is 31.9 Å². The van der Waals surface area contributed by atoms with Crippen LogP contribution in [0.2, 0.25) is 0 Å². The van der Waals surface area contributed by atoms with Gasteiger partial charge >= 0.3 is 0 Å². The van der Waals surface area contributed by atoms with Crippen LogP contribution in [0.1, 0.15) is 6.42 Å². The minimum absolute atomic E-state index is 0. The molecule has 0 aromatic heterocycles. The molecule has 0 aromatic rings. The van der Waals surface area contributed by atoms with Crippen molar-refractivity contribution in [1.29, 1.82) is 0 Å². The summed E-state index contributed by atoms with van der Waals surface area (Å²) in [5, 5.41) is 2.22. The van der Waals surface area contributed by atoms with Crippen molar-refractivity contribution in [3.63, 3.8) is 0 Å². The van der Waals surface area contributed by atoms with Gasteiger partial charge in [-0.3, -0.25) is 0 Å². The Balaban J connectivity index is -0.0000000800. The van der Waals surface area contributed by atoms with Crippen molar-refractivity contribution in [2.75, 3.05) is 10.7 Å². The maximum Gasteiger partial charge on any atom is 0.00392 e. The largest absolute Gasteiger partial charge is 0.114 e. The lowest BCUT2D eigenvalue weighted by atomic mass is 10.6. The topological polar surface area (TPSA) is 0 Å². The van der Waals surface area contributed by atoms with Gasteiger partial charge in [0.1, 0.15) is 0 Å². The van der Waals surface area contributed by atoms with Gasteiger partial charge in [-0.15, -0.1) is 34.0 Å². The summed E-state index contributed by atoms with van der Waals surface area (Å²) in [6, 6.07) is 0. The highest BCUT2D eigenvalue weighted by atomic mass is 79.9. The smallest absolute Gasteiger partial charge is 0.00392 e. The van der Waals surface area contributed by atoms with Crippen LogP contribution in [0.5, 0.6) is 0 Å². The van der Waals surface area contributed by atoms with E-state index in [9.17, 15) is 0 Å². The second kappa shape index (κ2) is 15.7. The number of rotatable bonds is 2. The van der Waals surface area contributed by atoms with Crippen molar-refractivity contribution in [3.05, 3.63) is 0 Å².